The maximum absolute atomic E-state index is 15.1. The molecule has 0 fully saturated rings. The third-order valence-electron chi connectivity index (χ3n) is 5.07. The summed E-state index contributed by atoms with van der Waals surface area (Å²) in [6.07, 6.45) is 1.46. The number of carbonyl (C=O) groups is 1. The molecule has 3 N–H and O–H groups in total. The summed E-state index contributed by atoms with van der Waals surface area (Å²) in [5, 5.41) is 7.83. The molecule has 0 bridgehead atoms. The Bertz CT molecular complexity index is 1480. The fourth-order valence-electron chi connectivity index (χ4n) is 3.33. The number of H-pyrrole nitrogens is 1. The number of anilines is 1. The van der Waals surface area contributed by atoms with Gasteiger partial charge >= 0.3 is 0 Å². The van der Waals surface area contributed by atoms with E-state index in [0.29, 0.717) is 26.6 Å². The van der Waals surface area contributed by atoms with Crippen molar-refractivity contribution in [2.75, 3.05) is 4.72 Å². The number of halogens is 3. The molecule has 0 spiro atoms. The molecule has 2 aromatic heterocycles. The van der Waals surface area contributed by atoms with Gasteiger partial charge in [0.05, 0.1) is 39.1 Å². The Labute approximate surface area is 198 Å². The molecule has 2 heterocycles. The number of nitrogens with one attached hydrogen (secondary N) is 3. The molecular weight excluding hydrogens is 492 g/mol. The Hall–Kier alpha value is -3.08. The molecule has 0 aliphatic heterocycles. The molecule has 0 unspecified atom stereocenters. The van der Waals surface area contributed by atoms with E-state index in [-0.39, 0.29) is 12.2 Å². The zero-order valence-corrected chi connectivity index (χ0v) is 19.7. The van der Waals surface area contributed by atoms with Gasteiger partial charge in [0.1, 0.15) is 4.90 Å². The van der Waals surface area contributed by atoms with Crippen molar-refractivity contribution in [2.24, 2.45) is 7.05 Å². The Morgan fingerprint density at radius 3 is 2.67 bits per heavy atom. The highest BCUT2D eigenvalue weighted by Crippen LogP contribution is 2.35. The van der Waals surface area contributed by atoms with Crippen LogP contribution in [-0.2, 0) is 23.6 Å². The van der Waals surface area contributed by atoms with E-state index in [9.17, 15) is 13.2 Å². The van der Waals surface area contributed by atoms with Gasteiger partial charge in [0.15, 0.2) is 5.82 Å². The molecule has 0 saturated heterocycles. The first-order valence-electron chi connectivity index (χ1n) is 9.62. The molecule has 0 saturated carbocycles. The number of nitrogens with zero attached hydrogens (tertiary/aromatic N) is 2. The Morgan fingerprint density at radius 2 is 1.97 bits per heavy atom. The molecule has 2 aromatic carbocycles. The summed E-state index contributed by atoms with van der Waals surface area (Å²) in [5.74, 6) is -1.94. The summed E-state index contributed by atoms with van der Waals surface area (Å²) in [5.41, 5.74) is 1.54. The number of amides is 1. The van der Waals surface area contributed by atoms with Crippen LogP contribution >= 0.6 is 23.2 Å². The van der Waals surface area contributed by atoms with E-state index >= 15 is 4.39 Å². The van der Waals surface area contributed by atoms with Crippen LogP contribution < -0.4 is 10.0 Å². The van der Waals surface area contributed by atoms with E-state index in [1.807, 2.05) is 6.92 Å². The number of fused-ring (bicyclic) bond motifs is 1. The van der Waals surface area contributed by atoms with Gasteiger partial charge in [-0.3, -0.25) is 14.2 Å². The van der Waals surface area contributed by atoms with Gasteiger partial charge in [0.25, 0.3) is 15.9 Å². The highest BCUT2D eigenvalue weighted by Gasteiger charge is 2.25. The number of sulfonamides is 1. The molecule has 4 aromatic rings. The maximum atomic E-state index is 15.1. The average Bonchev–Trinajstić information content (AvgIpc) is 3.31. The standard InChI is InChI=1S/C21H18Cl2FN5O3S/c1-11-8-12(27-29(11)2)9-26-21(30)13-4-3-5-17(19(13)24)33(31,32)28-16-7-6-14(22)18-15(23)10-25-20(16)18/h3-8,10,25,28H,9H2,1-2H3,(H,26,30). The van der Waals surface area contributed by atoms with Gasteiger partial charge in [0.2, 0.25) is 0 Å². The van der Waals surface area contributed by atoms with Crippen LogP contribution in [0.1, 0.15) is 21.7 Å². The van der Waals surface area contributed by atoms with E-state index in [2.05, 4.69) is 20.1 Å². The minimum atomic E-state index is -4.39. The molecule has 4 rings (SSSR count). The first-order valence-corrected chi connectivity index (χ1v) is 11.9. The molecular formula is C21H18Cl2FN5O3S. The van der Waals surface area contributed by atoms with E-state index in [1.54, 1.807) is 17.8 Å². The SMILES string of the molecule is Cc1cc(CNC(=O)c2cccc(S(=O)(=O)Nc3ccc(Cl)c4c(Cl)c[nH]c34)c2F)nn1C. The number of rotatable bonds is 6. The number of benzene rings is 2. The highest BCUT2D eigenvalue weighted by atomic mass is 35.5. The van der Waals surface area contributed by atoms with Crippen LogP contribution in [0, 0.1) is 12.7 Å². The highest BCUT2D eigenvalue weighted by molar-refractivity contribution is 7.92. The summed E-state index contributed by atoms with van der Waals surface area (Å²) in [6, 6.07) is 8.25. The van der Waals surface area contributed by atoms with Gasteiger partial charge in [0, 0.05) is 24.3 Å². The van der Waals surface area contributed by atoms with Crippen LogP contribution in [0.4, 0.5) is 10.1 Å². The van der Waals surface area contributed by atoms with Crippen LogP contribution in [-0.4, -0.2) is 29.1 Å². The number of carbonyl (C=O) groups excluding carboxylic acids is 1. The lowest BCUT2D eigenvalue weighted by atomic mass is 10.2. The van der Waals surface area contributed by atoms with Crippen molar-refractivity contribution in [2.45, 2.75) is 18.4 Å². The summed E-state index contributed by atoms with van der Waals surface area (Å²) < 4.78 is 45.1. The number of aryl methyl sites for hydroxylation is 2. The molecule has 0 radical (unpaired) electrons. The van der Waals surface area contributed by atoms with Crippen molar-refractivity contribution >= 4 is 55.7 Å². The zero-order chi connectivity index (χ0) is 23.9. The van der Waals surface area contributed by atoms with Gasteiger partial charge < -0.3 is 10.3 Å². The quantitative estimate of drug-likeness (QED) is 0.358. The molecule has 0 atom stereocenters. The second-order valence-corrected chi connectivity index (χ2v) is 9.75. The lowest BCUT2D eigenvalue weighted by Gasteiger charge is -2.12. The topological polar surface area (TPSA) is 109 Å². The number of hydrogen-bond acceptors (Lipinski definition) is 4. The molecule has 1 amide bonds. The van der Waals surface area contributed by atoms with Crippen LogP contribution in [0.15, 0.2) is 47.5 Å². The summed E-state index contributed by atoms with van der Waals surface area (Å²) in [7, 11) is -2.63. The third-order valence-corrected chi connectivity index (χ3v) is 7.07. The Morgan fingerprint density at radius 1 is 1.21 bits per heavy atom. The van der Waals surface area contributed by atoms with Crippen molar-refractivity contribution in [1.82, 2.24) is 20.1 Å². The monoisotopic (exact) mass is 509 g/mol. The van der Waals surface area contributed by atoms with Gasteiger partial charge in [-0.2, -0.15) is 5.10 Å². The molecule has 0 aliphatic rings. The molecule has 172 valence electrons. The van der Waals surface area contributed by atoms with Crippen molar-refractivity contribution in [3.8, 4) is 0 Å². The first-order chi connectivity index (χ1) is 15.6. The van der Waals surface area contributed by atoms with Crippen molar-refractivity contribution in [3.63, 3.8) is 0 Å². The smallest absolute Gasteiger partial charge is 0.264 e. The number of aromatic nitrogens is 3. The predicted octanol–water partition coefficient (Wildman–Crippen LogP) is 4.39. The van der Waals surface area contributed by atoms with Gasteiger partial charge in [-0.15, -0.1) is 0 Å². The Kier molecular flexibility index (Phi) is 6.08. The summed E-state index contributed by atoms with van der Waals surface area (Å²) in [4.78, 5) is 14.7. The lowest BCUT2D eigenvalue weighted by Crippen LogP contribution is -2.25. The van der Waals surface area contributed by atoms with Gasteiger partial charge in [-0.05, 0) is 37.3 Å². The second kappa shape index (κ2) is 8.69. The van der Waals surface area contributed by atoms with Crippen molar-refractivity contribution in [3.05, 3.63) is 75.4 Å². The molecule has 8 nitrogen and oxygen atoms in total. The molecule has 12 heteroatoms. The largest absolute Gasteiger partial charge is 0.358 e. The van der Waals surface area contributed by atoms with Crippen molar-refractivity contribution in [1.29, 1.82) is 0 Å². The van der Waals surface area contributed by atoms with Crippen molar-refractivity contribution < 1.29 is 17.6 Å². The molecule has 0 aliphatic carbocycles. The number of aromatic amines is 1. The fourth-order valence-corrected chi connectivity index (χ4v) is 5.07. The van der Waals surface area contributed by atoms with Crippen LogP contribution in [0.5, 0.6) is 0 Å². The third kappa shape index (κ3) is 4.41. The average molecular weight is 510 g/mol. The van der Waals surface area contributed by atoms with E-state index in [0.717, 1.165) is 11.8 Å². The summed E-state index contributed by atoms with van der Waals surface area (Å²) >= 11 is 12.2. The minimum absolute atomic E-state index is 0.0610. The maximum Gasteiger partial charge on any atom is 0.264 e. The van der Waals surface area contributed by atoms with E-state index in [4.69, 9.17) is 23.2 Å². The molecule has 33 heavy (non-hydrogen) atoms. The number of hydrogen-bond donors (Lipinski definition) is 3. The van der Waals surface area contributed by atoms with Crippen LogP contribution in [0.2, 0.25) is 10.0 Å². The lowest BCUT2D eigenvalue weighted by molar-refractivity contribution is 0.0945. The fraction of sp³-hybridized carbons (Fsp3) is 0.143. The van der Waals surface area contributed by atoms with Gasteiger partial charge in [-0.1, -0.05) is 29.3 Å². The predicted molar refractivity (Wildman–Crippen MR) is 125 cm³/mol. The normalized spacial score (nSPS) is 11.7. The Balaban J connectivity index is 1.61. The first kappa shape index (κ1) is 23.1. The second-order valence-electron chi connectivity index (χ2n) is 7.29. The van der Waals surface area contributed by atoms with Gasteiger partial charge in [-0.25, -0.2) is 12.8 Å². The van der Waals surface area contributed by atoms with Crippen LogP contribution in [0.3, 0.4) is 0 Å². The van der Waals surface area contributed by atoms with E-state index < -0.39 is 32.2 Å². The minimum Gasteiger partial charge on any atom is -0.358 e. The van der Waals surface area contributed by atoms with Crippen LogP contribution in [0.25, 0.3) is 10.9 Å². The zero-order valence-electron chi connectivity index (χ0n) is 17.4. The summed E-state index contributed by atoms with van der Waals surface area (Å²) in [6.45, 7) is 1.92. The van der Waals surface area contributed by atoms with E-state index in [1.165, 1.54) is 30.5 Å².